The number of rotatable bonds is 10. The molecule has 1 heterocycles. The third-order valence-corrected chi connectivity index (χ3v) is 3.40. The Hall–Kier alpha value is -0.830. The number of unbranched alkanes of at least 4 members (excludes halogenated alkanes) is 5. The summed E-state index contributed by atoms with van der Waals surface area (Å²) in [7, 11) is 2.03. The first-order valence-corrected chi connectivity index (χ1v) is 7.50. The largest absolute Gasteiger partial charge is 0.311 e. The van der Waals surface area contributed by atoms with Crippen molar-refractivity contribution in [3.63, 3.8) is 0 Å². The van der Waals surface area contributed by atoms with E-state index in [1.54, 1.807) is 0 Å². The predicted octanol–water partition coefficient (Wildman–Crippen LogP) is 3.43. The molecule has 1 aromatic heterocycles. The van der Waals surface area contributed by atoms with E-state index in [4.69, 9.17) is 0 Å². The molecule has 0 aliphatic carbocycles. The van der Waals surface area contributed by atoms with Crippen LogP contribution in [0.3, 0.4) is 0 Å². The quantitative estimate of drug-likeness (QED) is 0.646. The molecule has 0 saturated carbocycles. The first-order valence-electron chi connectivity index (χ1n) is 7.50. The van der Waals surface area contributed by atoms with Gasteiger partial charge in [0.25, 0.3) is 0 Å². The highest BCUT2D eigenvalue weighted by Crippen LogP contribution is 2.05. The van der Waals surface area contributed by atoms with Gasteiger partial charge in [0.1, 0.15) is 0 Å². The molecule has 18 heavy (non-hydrogen) atoms. The lowest BCUT2D eigenvalue weighted by atomic mass is 10.1. The zero-order valence-electron chi connectivity index (χ0n) is 12.3. The van der Waals surface area contributed by atoms with Gasteiger partial charge in [-0.1, -0.05) is 46.0 Å². The number of nitrogens with zero attached hydrogens (tertiary/aromatic N) is 2. The number of hydrogen-bond acceptors (Lipinski definition) is 2. The Labute approximate surface area is 112 Å². The third kappa shape index (κ3) is 5.67. The molecule has 0 amide bonds. The Bertz CT molecular complexity index is 318. The summed E-state index contributed by atoms with van der Waals surface area (Å²) in [5.74, 6) is 0. The summed E-state index contributed by atoms with van der Waals surface area (Å²) in [5, 5.41) is 7.96. The van der Waals surface area contributed by atoms with Gasteiger partial charge >= 0.3 is 0 Å². The average Bonchev–Trinajstić information content (AvgIpc) is 2.73. The summed E-state index contributed by atoms with van der Waals surface area (Å²) >= 11 is 0. The van der Waals surface area contributed by atoms with E-state index >= 15 is 0 Å². The van der Waals surface area contributed by atoms with Crippen LogP contribution in [0.5, 0.6) is 0 Å². The van der Waals surface area contributed by atoms with Gasteiger partial charge < -0.3 is 5.32 Å². The Balaban J connectivity index is 2.05. The second-order valence-corrected chi connectivity index (χ2v) is 5.05. The smallest absolute Gasteiger partial charge is 0.0625 e. The van der Waals surface area contributed by atoms with Crippen molar-refractivity contribution < 1.29 is 0 Å². The van der Waals surface area contributed by atoms with Crippen LogP contribution < -0.4 is 5.32 Å². The van der Waals surface area contributed by atoms with Crippen molar-refractivity contribution in [1.29, 1.82) is 0 Å². The van der Waals surface area contributed by atoms with Gasteiger partial charge in [-0.25, -0.2) is 0 Å². The van der Waals surface area contributed by atoms with Gasteiger partial charge in [0, 0.05) is 13.6 Å². The van der Waals surface area contributed by atoms with Crippen molar-refractivity contribution in [3.8, 4) is 0 Å². The normalized spacial score (nSPS) is 11.1. The second kappa shape index (κ2) is 9.15. The van der Waals surface area contributed by atoms with Gasteiger partial charge in [-0.3, -0.25) is 4.68 Å². The molecule has 0 fully saturated rings. The molecule has 0 bridgehead atoms. The average molecular weight is 251 g/mol. The van der Waals surface area contributed by atoms with E-state index in [-0.39, 0.29) is 0 Å². The standard InChI is InChI=1S/C15H29N3/c1-4-6-7-8-9-10-11-16-13-15-12-14(5-2)17-18(15)3/h12,16H,4-11,13H2,1-3H3. The molecule has 3 heteroatoms. The first kappa shape index (κ1) is 15.2. The highest BCUT2D eigenvalue weighted by atomic mass is 15.3. The minimum absolute atomic E-state index is 0.943. The molecule has 104 valence electrons. The molecule has 0 aliphatic rings. The van der Waals surface area contributed by atoms with Crippen LogP contribution in [0, 0.1) is 0 Å². The summed E-state index contributed by atoms with van der Waals surface area (Å²) in [6.45, 7) is 6.48. The van der Waals surface area contributed by atoms with E-state index in [0.717, 1.165) is 19.5 Å². The van der Waals surface area contributed by atoms with E-state index in [1.165, 1.54) is 49.9 Å². The molecular weight excluding hydrogens is 222 g/mol. The summed E-state index contributed by atoms with van der Waals surface area (Å²) in [6.07, 6.45) is 9.19. The van der Waals surface area contributed by atoms with Crippen molar-refractivity contribution in [3.05, 3.63) is 17.5 Å². The fourth-order valence-corrected chi connectivity index (χ4v) is 2.16. The van der Waals surface area contributed by atoms with Gasteiger partial charge in [0.15, 0.2) is 0 Å². The van der Waals surface area contributed by atoms with Crippen molar-refractivity contribution in [2.75, 3.05) is 6.54 Å². The lowest BCUT2D eigenvalue weighted by Crippen LogP contribution is -2.16. The maximum Gasteiger partial charge on any atom is 0.0625 e. The summed E-state index contributed by atoms with van der Waals surface area (Å²) < 4.78 is 1.99. The van der Waals surface area contributed by atoms with Gasteiger partial charge in [0.05, 0.1) is 11.4 Å². The molecule has 0 spiro atoms. The lowest BCUT2D eigenvalue weighted by Gasteiger charge is -2.05. The monoisotopic (exact) mass is 251 g/mol. The van der Waals surface area contributed by atoms with Crippen LogP contribution in [-0.2, 0) is 20.0 Å². The number of nitrogens with one attached hydrogen (secondary N) is 1. The highest BCUT2D eigenvalue weighted by Gasteiger charge is 2.02. The van der Waals surface area contributed by atoms with Crippen molar-refractivity contribution >= 4 is 0 Å². The molecule has 0 radical (unpaired) electrons. The number of aromatic nitrogens is 2. The fourth-order valence-electron chi connectivity index (χ4n) is 2.16. The molecule has 1 rings (SSSR count). The van der Waals surface area contributed by atoms with Crippen LogP contribution in [-0.4, -0.2) is 16.3 Å². The fraction of sp³-hybridized carbons (Fsp3) is 0.800. The topological polar surface area (TPSA) is 29.9 Å². The molecule has 0 aromatic carbocycles. The predicted molar refractivity (Wildman–Crippen MR) is 77.7 cm³/mol. The summed E-state index contributed by atoms with van der Waals surface area (Å²) in [6, 6.07) is 2.20. The first-order chi connectivity index (χ1) is 8.77. The van der Waals surface area contributed by atoms with E-state index in [0.29, 0.717) is 0 Å². The van der Waals surface area contributed by atoms with Gasteiger partial charge in [-0.05, 0) is 25.5 Å². The molecule has 0 aliphatic heterocycles. The van der Waals surface area contributed by atoms with Gasteiger partial charge in [0.2, 0.25) is 0 Å². The van der Waals surface area contributed by atoms with E-state index in [1.807, 2.05) is 11.7 Å². The highest BCUT2D eigenvalue weighted by molar-refractivity contribution is 5.09. The van der Waals surface area contributed by atoms with Crippen LogP contribution in [0.1, 0.15) is 63.8 Å². The van der Waals surface area contributed by atoms with Crippen molar-refractivity contribution in [2.45, 2.75) is 65.3 Å². The molecule has 0 unspecified atom stereocenters. The molecule has 3 nitrogen and oxygen atoms in total. The van der Waals surface area contributed by atoms with E-state index < -0.39 is 0 Å². The van der Waals surface area contributed by atoms with Crippen molar-refractivity contribution in [2.24, 2.45) is 7.05 Å². The molecule has 0 saturated heterocycles. The van der Waals surface area contributed by atoms with Crippen LogP contribution in [0.25, 0.3) is 0 Å². The Morgan fingerprint density at radius 3 is 2.50 bits per heavy atom. The van der Waals surface area contributed by atoms with Crippen LogP contribution in [0.15, 0.2) is 6.07 Å². The van der Waals surface area contributed by atoms with Gasteiger partial charge in [-0.15, -0.1) is 0 Å². The molecule has 1 N–H and O–H groups in total. The number of hydrogen-bond donors (Lipinski definition) is 1. The third-order valence-electron chi connectivity index (χ3n) is 3.40. The van der Waals surface area contributed by atoms with E-state index in [2.05, 4.69) is 30.3 Å². The Morgan fingerprint density at radius 1 is 1.11 bits per heavy atom. The Morgan fingerprint density at radius 2 is 1.83 bits per heavy atom. The van der Waals surface area contributed by atoms with Crippen LogP contribution in [0.2, 0.25) is 0 Å². The van der Waals surface area contributed by atoms with E-state index in [9.17, 15) is 0 Å². The molecular formula is C15H29N3. The second-order valence-electron chi connectivity index (χ2n) is 5.05. The van der Waals surface area contributed by atoms with Gasteiger partial charge in [-0.2, -0.15) is 5.10 Å². The maximum atomic E-state index is 4.45. The summed E-state index contributed by atoms with van der Waals surface area (Å²) in [5.41, 5.74) is 2.48. The maximum absolute atomic E-state index is 4.45. The minimum Gasteiger partial charge on any atom is -0.311 e. The Kier molecular flexibility index (Phi) is 7.74. The summed E-state index contributed by atoms with van der Waals surface area (Å²) in [4.78, 5) is 0. The zero-order chi connectivity index (χ0) is 13.2. The number of aryl methyl sites for hydroxylation is 2. The minimum atomic E-state index is 0.943. The van der Waals surface area contributed by atoms with Crippen LogP contribution >= 0.6 is 0 Å². The van der Waals surface area contributed by atoms with Crippen LogP contribution in [0.4, 0.5) is 0 Å². The lowest BCUT2D eigenvalue weighted by molar-refractivity contribution is 0.559. The SMILES string of the molecule is CCCCCCCCNCc1cc(CC)nn1C. The zero-order valence-corrected chi connectivity index (χ0v) is 12.3. The molecule has 1 aromatic rings. The van der Waals surface area contributed by atoms with Crippen molar-refractivity contribution in [1.82, 2.24) is 15.1 Å². The molecule has 0 atom stereocenters.